The molecule has 1 aliphatic rings. The highest BCUT2D eigenvalue weighted by Crippen LogP contribution is 2.31. The molecule has 12 heteroatoms. The smallest absolute Gasteiger partial charge is 0.382 e. The van der Waals surface area contributed by atoms with Crippen LogP contribution < -0.4 is 10.6 Å². The van der Waals surface area contributed by atoms with E-state index >= 15 is 0 Å². The second-order valence-electron chi connectivity index (χ2n) is 10.8. The number of rotatable bonds is 6. The molecule has 40 heavy (non-hydrogen) atoms. The maximum Gasteiger partial charge on any atom is 0.406 e. The highest BCUT2D eigenvalue weighted by Gasteiger charge is 2.31. The Labute approximate surface area is 233 Å². The topological polar surface area (TPSA) is 97.3 Å². The number of hydrogen-bond donors (Lipinski definition) is 2. The number of nitrogens with one attached hydrogen (secondary N) is 2. The van der Waals surface area contributed by atoms with E-state index in [1.54, 1.807) is 57.2 Å². The fourth-order valence-electron chi connectivity index (χ4n) is 4.50. The summed E-state index contributed by atoms with van der Waals surface area (Å²) in [6, 6.07) is 12.8. The zero-order valence-electron chi connectivity index (χ0n) is 22.5. The third kappa shape index (κ3) is 6.93. The van der Waals surface area contributed by atoms with Gasteiger partial charge in [-0.3, -0.25) is 0 Å². The second kappa shape index (κ2) is 11.0. The minimum atomic E-state index is -4.46. The van der Waals surface area contributed by atoms with Crippen LogP contribution in [0.15, 0.2) is 53.4 Å². The first-order chi connectivity index (χ1) is 18.6. The first-order valence-electron chi connectivity index (χ1n) is 12.8. The second-order valence-corrected chi connectivity index (χ2v) is 15.8. The standard InChI is InChI=1S/C28H32F3N3O4S2/c1-27(2,3)40(37,38)23-11-9-20(10-12-23)32-15-5-6-22-18-24-25(33-21-13-16-39(35,36)17-14-21)7-4-8-26(24)34(22)19-28(29,30)31/h4,7-12,18,21,32-33H,13-17,19H2,1-3H3. The van der Waals surface area contributed by atoms with Gasteiger partial charge in [-0.15, -0.1) is 0 Å². The molecular formula is C28H32F3N3O4S2. The highest BCUT2D eigenvalue weighted by atomic mass is 32.2. The zero-order chi connectivity index (χ0) is 29.3. The molecule has 0 aliphatic carbocycles. The monoisotopic (exact) mass is 595 g/mol. The number of alkyl halides is 3. The molecule has 1 fully saturated rings. The predicted octanol–water partition coefficient (Wildman–Crippen LogP) is 5.23. The van der Waals surface area contributed by atoms with Gasteiger partial charge in [-0.1, -0.05) is 12.0 Å². The summed E-state index contributed by atoms with van der Waals surface area (Å²) in [6.45, 7) is 3.81. The predicted molar refractivity (Wildman–Crippen MR) is 152 cm³/mol. The van der Waals surface area contributed by atoms with Crippen molar-refractivity contribution in [2.75, 3.05) is 28.7 Å². The molecule has 4 rings (SSSR count). The van der Waals surface area contributed by atoms with Crippen molar-refractivity contribution in [1.82, 2.24) is 4.57 Å². The summed E-state index contributed by atoms with van der Waals surface area (Å²) in [5.41, 5.74) is 1.83. The van der Waals surface area contributed by atoms with Gasteiger partial charge in [0.25, 0.3) is 0 Å². The van der Waals surface area contributed by atoms with E-state index in [1.165, 1.54) is 12.1 Å². The summed E-state index contributed by atoms with van der Waals surface area (Å²) in [6.07, 6.45) is -3.59. The SMILES string of the molecule is CC(C)(C)S(=O)(=O)c1ccc(NCC#Cc2cc3c(NC4CCS(=O)(=O)CC4)cccc3n2CC(F)(F)F)cc1. The van der Waals surface area contributed by atoms with Gasteiger partial charge in [0, 0.05) is 22.8 Å². The van der Waals surface area contributed by atoms with Gasteiger partial charge in [0.2, 0.25) is 0 Å². The van der Waals surface area contributed by atoms with Crippen molar-refractivity contribution in [3.63, 3.8) is 0 Å². The Bertz CT molecular complexity index is 1650. The van der Waals surface area contributed by atoms with Crippen molar-refractivity contribution >= 4 is 42.0 Å². The number of aromatic nitrogens is 1. The minimum absolute atomic E-state index is 0.0780. The molecule has 0 amide bonds. The first kappa shape index (κ1) is 29.8. The van der Waals surface area contributed by atoms with E-state index in [0.29, 0.717) is 35.1 Å². The Balaban J connectivity index is 1.54. The highest BCUT2D eigenvalue weighted by molar-refractivity contribution is 7.92. The quantitative estimate of drug-likeness (QED) is 0.379. The van der Waals surface area contributed by atoms with Gasteiger partial charge < -0.3 is 15.2 Å². The number of halogens is 3. The van der Waals surface area contributed by atoms with Crippen molar-refractivity contribution < 1.29 is 30.0 Å². The van der Waals surface area contributed by atoms with Crippen LogP contribution in [0.5, 0.6) is 0 Å². The molecule has 3 aromatic rings. The lowest BCUT2D eigenvalue weighted by Gasteiger charge is -2.24. The number of anilines is 2. The molecule has 216 valence electrons. The van der Waals surface area contributed by atoms with Crippen molar-refractivity contribution in [3.05, 3.63) is 54.2 Å². The number of hydrogen-bond acceptors (Lipinski definition) is 6. The molecule has 1 aliphatic heterocycles. The maximum absolute atomic E-state index is 13.5. The maximum atomic E-state index is 13.5. The van der Waals surface area contributed by atoms with Crippen LogP contribution in [-0.4, -0.2) is 56.4 Å². The van der Waals surface area contributed by atoms with Gasteiger partial charge in [0.05, 0.1) is 38.9 Å². The molecule has 0 atom stereocenters. The van der Waals surface area contributed by atoms with Crippen LogP contribution in [0, 0.1) is 11.8 Å². The van der Waals surface area contributed by atoms with Crippen molar-refractivity contribution in [2.24, 2.45) is 0 Å². The third-order valence-corrected chi connectivity index (χ3v) is 11.0. The summed E-state index contributed by atoms with van der Waals surface area (Å²) in [5.74, 6) is 5.86. The summed E-state index contributed by atoms with van der Waals surface area (Å²) in [7, 11) is -6.53. The zero-order valence-corrected chi connectivity index (χ0v) is 24.1. The number of fused-ring (bicyclic) bond motifs is 1. The van der Waals surface area contributed by atoms with Gasteiger partial charge in [0.15, 0.2) is 9.84 Å². The van der Waals surface area contributed by atoms with Crippen molar-refractivity contribution in [3.8, 4) is 11.8 Å². The van der Waals surface area contributed by atoms with E-state index in [2.05, 4.69) is 22.5 Å². The number of sulfone groups is 2. The van der Waals surface area contributed by atoms with Gasteiger partial charge in [-0.05, 0) is 82.0 Å². The lowest BCUT2D eigenvalue weighted by atomic mass is 10.1. The summed E-state index contributed by atoms with van der Waals surface area (Å²) in [4.78, 5) is 0.201. The first-order valence-corrected chi connectivity index (χ1v) is 16.1. The molecule has 2 heterocycles. The average molecular weight is 596 g/mol. The Morgan fingerprint density at radius 3 is 2.27 bits per heavy atom. The van der Waals surface area contributed by atoms with Gasteiger partial charge in [-0.2, -0.15) is 13.2 Å². The van der Waals surface area contributed by atoms with E-state index in [-0.39, 0.29) is 34.7 Å². The van der Waals surface area contributed by atoms with Crippen LogP contribution in [0.1, 0.15) is 39.3 Å². The number of nitrogens with zero attached hydrogens (tertiary/aromatic N) is 1. The van der Waals surface area contributed by atoms with Crippen molar-refractivity contribution in [2.45, 2.75) is 62.0 Å². The van der Waals surface area contributed by atoms with E-state index < -0.39 is 37.1 Å². The van der Waals surface area contributed by atoms with Crippen LogP contribution in [0.2, 0.25) is 0 Å². The van der Waals surface area contributed by atoms with Crippen LogP contribution in [-0.2, 0) is 26.2 Å². The molecular weight excluding hydrogens is 563 g/mol. The third-order valence-electron chi connectivity index (χ3n) is 6.77. The molecule has 0 saturated carbocycles. The molecule has 2 N–H and O–H groups in total. The minimum Gasteiger partial charge on any atom is -0.382 e. The summed E-state index contributed by atoms with van der Waals surface area (Å²) >= 11 is 0. The molecule has 7 nitrogen and oxygen atoms in total. The Kier molecular flexibility index (Phi) is 8.20. The molecule has 0 unspecified atom stereocenters. The molecule has 0 spiro atoms. The van der Waals surface area contributed by atoms with E-state index in [1.807, 2.05) is 0 Å². The van der Waals surface area contributed by atoms with Gasteiger partial charge in [-0.25, -0.2) is 16.8 Å². The summed E-state index contributed by atoms with van der Waals surface area (Å²) < 4.78 is 89.3. The summed E-state index contributed by atoms with van der Waals surface area (Å²) in [5, 5.41) is 6.94. The molecule has 1 aromatic heterocycles. The fraction of sp³-hybridized carbons (Fsp3) is 0.429. The molecule has 1 saturated heterocycles. The van der Waals surface area contributed by atoms with Gasteiger partial charge >= 0.3 is 6.18 Å². The van der Waals surface area contributed by atoms with Crippen LogP contribution >= 0.6 is 0 Å². The largest absolute Gasteiger partial charge is 0.406 e. The van der Waals surface area contributed by atoms with E-state index in [9.17, 15) is 30.0 Å². The van der Waals surface area contributed by atoms with E-state index in [0.717, 1.165) is 4.57 Å². The fourth-order valence-corrected chi connectivity index (χ4v) is 7.20. The van der Waals surface area contributed by atoms with Crippen molar-refractivity contribution in [1.29, 1.82) is 0 Å². The van der Waals surface area contributed by atoms with Crippen LogP contribution in [0.4, 0.5) is 24.5 Å². The lowest BCUT2D eigenvalue weighted by molar-refractivity contribution is -0.140. The molecule has 0 bridgehead atoms. The Morgan fingerprint density at radius 2 is 1.68 bits per heavy atom. The van der Waals surface area contributed by atoms with E-state index in [4.69, 9.17) is 0 Å². The Morgan fingerprint density at radius 1 is 1.02 bits per heavy atom. The average Bonchev–Trinajstić information content (AvgIpc) is 3.19. The molecule has 2 aromatic carbocycles. The van der Waals surface area contributed by atoms with Crippen LogP contribution in [0.3, 0.4) is 0 Å². The van der Waals surface area contributed by atoms with Gasteiger partial charge in [0.1, 0.15) is 16.4 Å². The molecule has 0 radical (unpaired) electrons. The Hall–Kier alpha value is -3.17. The van der Waals surface area contributed by atoms with Crippen LogP contribution in [0.25, 0.3) is 10.9 Å². The normalized spacial score (nSPS) is 16.4. The number of benzene rings is 2. The lowest BCUT2D eigenvalue weighted by Crippen LogP contribution is -2.32.